The quantitative estimate of drug-likeness (QED) is 0.670. The number of likely N-dealkylation sites (N-methyl/N-ethyl adjacent to an activating group) is 1. The van der Waals surface area contributed by atoms with E-state index in [1.807, 2.05) is 37.4 Å². The molecule has 0 fully saturated rings. The minimum atomic E-state index is -2.45. The fourth-order valence-corrected chi connectivity index (χ4v) is 2.65. The third-order valence-corrected chi connectivity index (χ3v) is 4.09. The largest absolute Gasteiger partial charge is 0.488 e. The Morgan fingerprint density at radius 2 is 1.84 bits per heavy atom. The van der Waals surface area contributed by atoms with E-state index in [4.69, 9.17) is 4.74 Å². The number of hydrogen-bond donors (Lipinski definition) is 2. The number of alkyl halides is 2. The second kappa shape index (κ2) is 10.0. The molecule has 0 aliphatic heterocycles. The average molecular weight is 367 g/mol. The zero-order chi connectivity index (χ0) is 18.1. The molecule has 1 amide bonds. The molecule has 0 aromatic heterocycles. The van der Waals surface area contributed by atoms with Gasteiger partial charge in [-0.15, -0.1) is 0 Å². The summed E-state index contributed by atoms with van der Waals surface area (Å²) in [6.07, 6.45) is 0. The minimum absolute atomic E-state index is 0.133. The molecule has 7 heteroatoms. The maximum absolute atomic E-state index is 12.3. The Morgan fingerprint density at radius 1 is 1.16 bits per heavy atom. The Morgan fingerprint density at radius 3 is 2.48 bits per heavy atom. The van der Waals surface area contributed by atoms with Crippen LogP contribution in [-0.4, -0.2) is 38.4 Å². The van der Waals surface area contributed by atoms with Crippen LogP contribution in [0.4, 0.5) is 14.5 Å². The number of halogens is 2. The van der Waals surface area contributed by atoms with Gasteiger partial charge in [0.15, 0.2) is 6.54 Å². The number of hydrogen-bond acceptors (Lipinski definition) is 3. The second-order valence-electron chi connectivity index (χ2n) is 5.50. The first-order valence-electron chi connectivity index (χ1n) is 7.87. The first kappa shape index (κ1) is 19.2. The molecule has 0 saturated carbocycles. The van der Waals surface area contributed by atoms with Crippen molar-refractivity contribution >= 4 is 23.4 Å². The van der Waals surface area contributed by atoms with E-state index in [-0.39, 0.29) is 5.91 Å². The van der Waals surface area contributed by atoms with Crippen molar-refractivity contribution in [1.29, 1.82) is 0 Å². The van der Waals surface area contributed by atoms with Crippen LogP contribution in [0.5, 0.6) is 5.75 Å². The monoisotopic (exact) mass is 367 g/mol. The van der Waals surface area contributed by atoms with Crippen LogP contribution in [0.25, 0.3) is 0 Å². The zero-order valence-electron chi connectivity index (χ0n) is 13.9. The zero-order valence-corrected chi connectivity index (χ0v) is 14.7. The molecule has 4 nitrogen and oxygen atoms in total. The molecule has 0 aliphatic rings. The number of ether oxygens (including phenoxy) is 1. The fourth-order valence-electron chi connectivity index (χ4n) is 2.15. The molecular weight excluding hydrogens is 346 g/mol. The van der Waals surface area contributed by atoms with Crippen molar-refractivity contribution in [3.05, 3.63) is 54.6 Å². The summed E-state index contributed by atoms with van der Waals surface area (Å²) >= 11 is 0.480. The lowest BCUT2D eigenvalue weighted by molar-refractivity contribution is -0.871. The predicted molar refractivity (Wildman–Crippen MR) is 95.5 cm³/mol. The van der Waals surface area contributed by atoms with Crippen LogP contribution in [0, 0.1) is 0 Å². The van der Waals surface area contributed by atoms with E-state index in [0.29, 0.717) is 42.0 Å². The number of para-hydroxylation sites is 1. The highest BCUT2D eigenvalue weighted by atomic mass is 32.2. The van der Waals surface area contributed by atoms with Crippen LogP contribution >= 0.6 is 11.8 Å². The second-order valence-corrected chi connectivity index (χ2v) is 6.56. The maximum Gasteiger partial charge on any atom is 0.288 e. The van der Waals surface area contributed by atoms with Gasteiger partial charge in [0.1, 0.15) is 18.9 Å². The molecule has 0 spiro atoms. The Balaban J connectivity index is 1.70. The van der Waals surface area contributed by atoms with Gasteiger partial charge in [-0.2, -0.15) is 8.78 Å². The van der Waals surface area contributed by atoms with Crippen LogP contribution < -0.4 is 15.0 Å². The third kappa shape index (κ3) is 7.53. The van der Waals surface area contributed by atoms with Gasteiger partial charge in [-0.05, 0) is 36.4 Å². The molecule has 134 valence electrons. The molecule has 0 radical (unpaired) electrons. The Bertz CT molecular complexity index is 654. The SMILES string of the molecule is C[NH+](CCOc1ccccc1)CC(=O)Nc1ccc(SC(F)F)cc1. The van der Waals surface area contributed by atoms with E-state index in [1.165, 1.54) is 0 Å². The van der Waals surface area contributed by atoms with Crippen LogP contribution in [-0.2, 0) is 4.79 Å². The molecule has 1 unspecified atom stereocenters. The van der Waals surface area contributed by atoms with Gasteiger partial charge in [0.25, 0.3) is 11.7 Å². The van der Waals surface area contributed by atoms with Gasteiger partial charge in [-0.1, -0.05) is 30.0 Å². The van der Waals surface area contributed by atoms with E-state index < -0.39 is 5.76 Å². The molecule has 1 atom stereocenters. The number of rotatable bonds is 9. The summed E-state index contributed by atoms with van der Waals surface area (Å²) in [6.45, 7) is 1.50. The normalized spacial score (nSPS) is 12.0. The molecule has 2 rings (SSSR count). The lowest BCUT2D eigenvalue weighted by atomic mass is 10.3. The summed E-state index contributed by atoms with van der Waals surface area (Å²) in [6, 6.07) is 15.9. The van der Waals surface area contributed by atoms with Crippen molar-refractivity contribution in [2.45, 2.75) is 10.7 Å². The number of quaternary nitrogens is 1. The van der Waals surface area contributed by atoms with Crippen molar-refractivity contribution < 1.29 is 23.2 Å². The van der Waals surface area contributed by atoms with E-state index in [2.05, 4.69) is 5.32 Å². The van der Waals surface area contributed by atoms with Crippen LogP contribution in [0.2, 0.25) is 0 Å². The summed E-state index contributed by atoms with van der Waals surface area (Å²) in [5.41, 5.74) is 0.594. The topological polar surface area (TPSA) is 42.8 Å². The van der Waals surface area contributed by atoms with Crippen molar-refractivity contribution in [2.24, 2.45) is 0 Å². The lowest BCUT2D eigenvalue weighted by Gasteiger charge is -2.14. The van der Waals surface area contributed by atoms with Gasteiger partial charge in [0.05, 0.1) is 7.05 Å². The smallest absolute Gasteiger partial charge is 0.288 e. The highest BCUT2D eigenvalue weighted by Crippen LogP contribution is 2.26. The number of nitrogens with one attached hydrogen (secondary N) is 2. The number of anilines is 1. The van der Waals surface area contributed by atoms with Crippen molar-refractivity contribution in [1.82, 2.24) is 0 Å². The van der Waals surface area contributed by atoms with E-state index in [1.54, 1.807) is 24.3 Å². The number of carbonyl (C=O) groups excluding carboxylic acids is 1. The summed E-state index contributed by atoms with van der Waals surface area (Å²) < 4.78 is 30.1. The van der Waals surface area contributed by atoms with Gasteiger partial charge in [-0.3, -0.25) is 4.79 Å². The summed E-state index contributed by atoms with van der Waals surface area (Å²) in [7, 11) is 1.91. The van der Waals surface area contributed by atoms with Gasteiger partial charge < -0.3 is 15.0 Å². The lowest BCUT2D eigenvalue weighted by Crippen LogP contribution is -3.10. The first-order valence-corrected chi connectivity index (χ1v) is 8.75. The number of carbonyl (C=O) groups is 1. The Labute approximate surface area is 150 Å². The van der Waals surface area contributed by atoms with E-state index in [0.717, 1.165) is 10.6 Å². The van der Waals surface area contributed by atoms with Gasteiger partial charge in [0, 0.05) is 10.6 Å². The highest BCUT2D eigenvalue weighted by molar-refractivity contribution is 7.99. The Kier molecular flexibility index (Phi) is 7.69. The third-order valence-electron chi connectivity index (χ3n) is 3.37. The van der Waals surface area contributed by atoms with Crippen molar-refractivity contribution in [2.75, 3.05) is 32.1 Å². The molecular formula is C18H21F2N2O2S+. The molecule has 2 aromatic carbocycles. The molecule has 0 heterocycles. The maximum atomic E-state index is 12.3. The average Bonchev–Trinajstić information content (AvgIpc) is 2.57. The summed E-state index contributed by atoms with van der Waals surface area (Å²) in [4.78, 5) is 13.5. The first-order chi connectivity index (χ1) is 12.0. The fraction of sp³-hybridized carbons (Fsp3) is 0.278. The molecule has 0 bridgehead atoms. The van der Waals surface area contributed by atoms with Gasteiger partial charge in [-0.25, -0.2) is 0 Å². The number of thioether (sulfide) groups is 1. The highest BCUT2D eigenvalue weighted by Gasteiger charge is 2.11. The number of amides is 1. The summed E-state index contributed by atoms with van der Waals surface area (Å²) in [5, 5.41) is 2.76. The Hall–Kier alpha value is -2.12. The van der Waals surface area contributed by atoms with E-state index >= 15 is 0 Å². The van der Waals surface area contributed by atoms with Crippen LogP contribution in [0.15, 0.2) is 59.5 Å². The molecule has 2 aromatic rings. The summed E-state index contributed by atoms with van der Waals surface area (Å²) in [5.74, 6) is -1.77. The minimum Gasteiger partial charge on any atom is -0.488 e. The molecule has 25 heavy (non-hydrogen) atoms. The predicted octanol–water partition coefficient (Wildman–Crippen LogP) is 2.53. The van der Waals surface area contributed by atoms with Gasteiger partial charge in [0.2, 0.25) is 0 Å². The standard InChI is InChI=1S/C18H20F2N2O2S/c1-22(11-12-24-15-5-3-2-4-6-15)13-17(23)21-14-7-9-16(10-8-14)25-18(19)20/h2-10,18H,11-13H2,1H3,(H,21,23)/p+1. The molecule has 2 N–H and O–H groups in total. The van der Waals surface area contributed by atoms with Crippen molar-refractivity contribution in [3.63, 3.8) is 0 Å². The van der Waals surface area contributed by atoms with Crippen LogP contribution in [0.3, 0.4) is 0 Å². The number of benzene rings is 2. The molecule has 0 saturated heterocycles. The van der Waals surface area contributed by atoms with Gasteiger partial charge >= 0.3 is 0 Å². The van der Waals surface area contributed by atoms with Crippen LogP contribution in [0.1, 0.15) is 0 Å². The van der Waals surface area contributed by atoms with Crippen molar-refractivity contribution in [3.8, 4) is 5.75 Å². The molecule has 0 aliphatic carbocycles. The van der Waals surface area contributed by atoms with E-state index in [9.17, 15) is 13.6 Å².